The molecule has 1 amide bonds. The summed E-state index contributed by atoms with van der Waals surface area (Å²) >= 11 is 1.77. The molecule has 0 radical (unpaired) electrons. The average Bonchev–Trinajstić information content (AvgIpc) is 2.92. The Hall–Kier alpha value is -1.75. The van der Waals surface area contributed by atoms with Crippen molar-refractivity contribution in [2.75, 3.05) is 6.54 Å². The van der Waals surface area contributed by atoms with Crippen LogP contribution in [0.25, 0.3) is 0 Å². The number of thiazole rings is 1. The summed E-state index contributed by atoms with van der Waals surface area (Å²) in [5, 5.41) is 3.94. The molecule has 1 N–H and O–H groups in total. The van der Waals surface area contributed by atoms with Crippen molar-refractivity contribution in [2.24, 2.45) is 0 Å². The third kappa shape index (κ3) is 3.71. The van der Waals surface area contributed by atoms with Gasteiger partial charge in [-0.3, -0.25) is 4.79 Å². The van der Waals surface area contributed by atoms with Crippen molar-refractivity contribution in [1.29, 1.82) is 0 Å². The first kappa shape index (κ1) is 15.2. The van der Waals surface area contributed by atoms with E-state index >= 15 is 0 Å². The molecule has 0 unspecified atom stereocenters. The SMILES string of the molecule is O=C(Cc1ccccc1F)NCCc1nc2c(s1)CCCC2. The first-order valence-corrected chi connectivity index (χ1v) is 8.51. The zero-order valence-electron chi connectivity index (χ0n) is 12.4. The number of nitrogens with zero attached hydrogens (tertiary/aromatic N) is 1. The van der Waals surface area contributed by atoms with Crippen LogP contribution < -0.4 is 5.32 Å². The predicted molar refractivity (Wildman–Crippen MR) is 85.6 cm³/mol. The quantitative estimate of drug-likeness (QED) is 0.920. The second-order valence-electron chi connectivity index (χ2n) is 5.55. The van der Waals surface area contributed by atoms with Crippen LogP contribution in [-0.2, 0) is 30.5 Å². The maximum absolute atomic E-state index is 13.5. The molecule has 2 aromatic rings. The molecule has 0 spiro atoms. The molecule has 0 saturated heterocycles. The largest absolute Gasteiger partial charge is 0.355 e. The van der Waals surface area contributed by atoms with Gasteiger partial charge in [-0.2, -0.15) is 0 Å². The molecule has 1 aromatic carbocycles. The Morgan fingerprint density at radius 2 is 2.09 bits per heavy atom. The number of carbonyl (C=O) groups excluding carboxylic acids is 1. The summed E-state index contributed by atoms with van der Waals surface area (Å²) in [6.07, 6.45) is 5.56. The topological polar surface area (TPSA) is 42.0 Å². The van der Waals surface area contributed by atoms with Crippen molar-refractivity contribution in [3.05, 3.63) is 51.2 Å². The van der Waals surface area contributed by atoms with Crippen LogP contribution in [0.5, 0.6) is 0 Å². The highest BCUT2D eigenvalue weighted by atomic mass is 32.1. The lowest BCUT2D eigenvalue weighted by atomic mass is 10.0. The highest BCUT2D eigenvalue weighted by molar-refractivity contribution is 7.11. The molecular formula is C17H19FN2OS. The number of rotatable bonds is 5. The lowest BCUT2D eigenvalue weighted by Crippen LogP contribution is -2.27. The van der Waals surface area contributed by atoms with Gasteiger partial charge in [0.25, 0.3) is 0 Å². The van der Waals surface area contributed by atoms with Crippen molar-refractivity contribution in [3.8, 4) is 0 Å². The van der Waals surface area contributed by atoms with Gasteiger partial charge in [-0.25, -0.2) is 9.37 Å². The minimum atomic E-state index is -0.328. The second kappa shape index (κ2) is 7.01. The number of nitrogens with one attached hydrogen (secondary N) is 1. The first-order chi connectivity index (χ1) is 10.7. The van der Waals surface area contributed by atoms with Crippen LogP contribution >= 0.6 is 11.3 Å². The average molecular weight is 318 g/mol. The van der Waals surface area contributed by atoms with Crippen LogP contribution in [0.1, 0.15) is 34.0 Å². The van der Waals surface area contributed by atoms with E-state index in [9.17, 15) is 9.18 Å². The lowest BCUT2D eigenvalue weighted by Gasteiger charge is -2.06. The van der Waals surface area contributed by atoms with Gasteiger partial charge >= 0.3 is 0 Å². The van der Waals surface area contributed by atoms with Gasteiger partial charge in [-0.05, 0) is 37.3 Å². The molecule has 116 valence electrons. The Kier molecular flexibility index (Phi) is 4.83. The monoisotopic (exact) mass is 318 g/mol. The van der Waals surface area contributed by atoms with E-state index in [4.69, 9.17) is 0 Å². The Morgan fingerprint density at radius 1 is 1.27 bits per heavy atom. The van der Waals surface area contributed by atoms with E-state index in [0.717, 1.165) is 24.3 Å². The van der Waals surface area contributed by atoms with Crippen LogP contribution in [0.4, 0.5) is 4.39 Å². The van der Waals surface area contributed by atoms with E-state index in [1.807, 2.05) is 0 Å². The molecule has 0 atom stereocenters. The molecular weight excluding hydrogens is 299 g/mol. The van der Waals surface area contributed by atoms with Crippen molar-refractivity contribution < 1.29 is 9.18 Å². The van der Waals surface area contributed by atoms with E-state index in [1.165, 1.54) is 29.5 Å². The predicted octanol–water partition coefficient (Wildman–Crippen LogP) is 3.06. The summed E-state index contributed by atoms with van der Waals surface area (Å²) in [6, 6.07) is 6.39. The van der Waals surface area contributed by atoms with Gasteiger partial charge in [0.2, 0.25) is 5.91 Å². The fourth-order valence-electron chi connectivity index (χ4n) is 2.70. The minimum Gasteiger partial charge on any atom is -0.355 e. The van der Waals surface area contributed by atoms with Gasteiger partial charge in [0, 0.05) is 17.8 Å². The fourth-order valence-corrected chi connectivity index (χ4v) is 3.85. The minimum absolute atomic E-state index is 0.0844. The molecule has 1 aliphatic carbocycles. The second-order valence-corrected chi connectivity index (χ2v) is 6.72. The Bertz CT molecular complexity index is 645. The van der Waals surface area contributed by atoms with Crippen LogP contribution in [-0.4, -0.2) is 17.4 Å². The van der Waals surface area contributed by atoms with Crippen LogP contribution in [0.15, 0.2) is 24.3 Å². The highest BCUT2D eigenvalue weighted by Gasteiger charge is 2.15. The van der Waals surface area contributed by atoms with Gasteiger partial charge in [-0.15, -0.1) is 11.3 Å². The third-order valence-corrected chi connectivity index (χ3v) is 5.08. The number of benzene rings is 1. The van der Waals surface area contributed by atoms with Crippen LogP contribution in [0.2, 0.25) is 0 Å². The van der Waals surface area contributed by atoms with E-state index in [-0.39, 0.29) is 18.1 Å². The zero-order valence-corrected chi connectivity index (χ0v) is 13.2. The zero-order chi connectivity index (χ0) is 15.4. The van der Waals surface area contributed by atoms with Gasteiger partial charge in [0.1, 0.15) is 5.82 Å². The molecule has 22 heavy (non-hydrogen) atoms. The van der Waals surface area contributed by atoms with Crippen molar-refractivity contribution in [3.63, 3.8) is 0 Å². The summed E-state index contributed by atoms with van der Waals surface area (Å²) in [7, 11) is 0. The number of halogens is 1. The normalized spacial score (nSPS) is 13.7. The highest BCUT2D eigenvalue weighted by Crippen LogP contribution is 2.26. The molecule has 1 heterocycles. The van der Waals surface area contributed by atoms with Crippen molar-refractivity contribution in [2.45, 2.75) is 38.5 Å². The molecule has 0 fully saturated rings. The Morgan fingerprint density at radius 3 is 2.91 bits per heavy atom. The standard InChI is InChI=1S/C17H19FN2OS/c18-13-6-2-1-5-12(13)11-16(21)19-10-9-17-20-14-7-3-4-8-15(14)22-17/h1-2,5-6H,3-4,7-11H2,(H,19,21). The van der Waals surface area contributed by atoms with E-state index in [1.54, 1.807) is 29.5 Å². The Labute approximate surface area is 133 Å². The number of hydrogen-bond donors (Lipinski definition) is 1. The maximum atomic E-state index is 13.5. The molecule has 0 saturated carbocycles. The molecule has 1 aromatic heterocycles. The maximum Gasteiger partial charge on any atom is 0.224 e. The van der Waals surface area contributed by atoms with Gasteiger partial charge in [0.05, 0.1) is 17.1 Å². The fraction of sp³-hybridized carbons (Fsp3) is 0.412. The first-order valence-electron chi connectivity index (χ1n) is 7.70. The summed E-state index contributed by atoms with van der Waals surface area (Å²) in [6.45, 7) is 0.555. The van der Waals surface area contributed by atoms with Gasteiger partial charge in [0.15, 0.2) is 0 Å². The summed E-state index contributed by atoms with van der Waals surface area (Å²) in [4.78, 5) is 17.9. The third-order valence-electron chi connectivity index (χ3n) is 3.86. The smallest absolute Gasteiger partial charge is 0.224 e. The summed E-state index contributed by atoms with van der Waals surface area (Å²) in [5.41, 5.74) is 1.69. The van der Waals surface area contributed by atoms with Gasteiger partial charge < -0.3 is 5.32 Å². The van der Waals surface area contributed by atoms with Crippen LogP contribution in [0.3, 0.4) is 0 Å². The van der Waals surface area contributed by atoms with E-state index in [2.05, 4.69) is 10.3 Å². The summed E-state index contributed by atoms with van der Waals surface area (Å²) < 4.78 is 13.5. The van der Waals surface area contributed by atoms with Gasteiger partial charge in [-0.1, -0.05) is 18.2 Å². The molecule has 0 aliphatic heterocycles. The molecule has 0 bridgehead atoms. The number of aryl methyl sites for hydroxylation is 2. The van der Waals surface area contributed by atoms with E-state index in [0.29, 0.717) is 12.1 Å². The molecule has 3 nitrogen and oxygen atoms in total. The lowest BCUT2D eigenvalue weighted by molar-refractivity contribution is -0.120. The number of fused-ring (bicyclic) bond motifs is 1. The number of carbonyl (C=O) groups is 1. The summed E-state index contributed by atoms with van der Waals surface area (Å²) in [5.74, 6) is -0.475. The van der Waals surface area contributed by atoms with E-state index < -0.39 is 0 Å². The van der Waals surface area contributed by atoms with Crippen molar-refractivity contribution in [1.82, 2.24) is 10.3 Å². The number of hydrogen-bond acceptors (Lipinski definition) is 3. The molecule has 1 aliphatic rings. The number of aromatic nitrogens is 1. The van der Waals surface area contributed by atoms with Crippen molar-refractivity contribution >= 4 is 17.2 Å². The molecule has 5 heteroatoms. The Balaban J connectivity index is 1.47. The molecule has 3 rings (SSSR count). The van der Waals surface area contributed by atoms with Crippen LogP contribution in [0, 0.1) is 5.82 Å². The number of amides is 1.